The SMILES string of the molecule is COc1ccc(-c2nc(S(=O)(=O)c3ccccc3)c(N3CCCCC3)o2)cc1OC. The van der Waals surface area contributed by atoms with Crippen LogP contribution in [-0.2, 0) is 9.84 Å². The molecule has 0 N–H and O–H groups in total. The van der Waals surface area contributed by atoms with Crippen LogP contribution in [0.2, 0.25) is 0 Å². The maximum atomic E-state index is 13.4. The monoisotopic (exact) mass is 428 g/mol. The van der Waals surface area contributed by atoms with E-state index < -0.39 is 9.84 Å². The van der Waals surface area contributed by atoms with Crippen molar-refractivity contribution in [3.63, 3.8) is 0 Å². The zero-order valence-corrected chi connectivity index (χ0v) is 17.8. The lowest BCUT2D eigenvalue weighted by Crippen LogP contribution is -2.30. The molecule has 1 saturated heterocycles. The molecule has 4 rings (SSSR count). The molecule has 3 aromatic rings. The highest BCUT2D eigenvalue weighted by atomic mass is 32.2. The summed E-state index contributed by atoms with van der Waals surface area (Å²) in [7, 11) is -0.737. The maximum absolute atomic E-state index is 13.4. The van der Waals surface area contributed by atoms with E-state index in [-0.39, 0.29) is 15.8 Å². The van der Waals surface area contributed by atoms with Gasteiger partial charge in [-0.1, -0.05) is 18.2 Å². The summed E-state index contributed by atoms with van der Waals surface area (Å²) < 4.78 is 43.5. The molecule has 0 saturated carbocycles. The van der Waals surface area contributed by atoms with Crippen molar-refractivity contribution in [1.82, 2.24) is 4.98 Å². The molecule has 0 bridgehead atoms. The van der Waals surface area contributed by atoms with Gasteiger partial charge in [-0.2, -0.15) is 4.98 Å². The molecule has 8 heteroatoms. The van der Waals surface area contributed by atoms with Crippen molar-refractivity contribution in [3.8, 4) is 23.0 Å². The summed E-state index contributed by atoms with van der Waals surface area (Å²) in [5.41, 5.74) is 0.612. The first-order valence-corrected chi connectivity index (χ1v) is 11.3. The van der Waals surface area contributed by atoms with E-state index in [4.69, 9.17) is 13.9 Å². The molecule has 2 heterocycles. The average molecular weight is 429 g/mol. The normalized spacial score (nSPS) is 14.5. The second kappa shape index (κ2) is 8.39. The number of sulfone groups is 1. The molecular weight excluding hydrogens is 404 g/mol. The van der Waals surface area contributed by atoms with Crippen LogP contribution in [0.15, 0.2) is 62.9 Å². The van der Waals surface area contributed by atoms with E-state index in [0.717, 1.165) is 32.4 Å². The van der Waals surface area contributed by atoms with Crippen LogP contribution in [0.1, 0.15) is 19.3 Å². The Kier molecular flexibility index (Phi) is 5.67. The van der Waals surface area contributed by atoms with E-state index in [1.165, 1.54) is 0 Å². The van der Waals surface area contributed by atoms with Crippen LogP contribution in [0.4, 0.5) is 5.88 Å². The maximum Gasteiger partial charge on any atom is 0.236 e. The molecule has 0 spiro atoms. The molecule has 30 heavy (non-hydrogen) atoms. The van der Waals surface area contributed by atoms with Gasteiger partial charge in [0.15, 0.2) is 11.5 Å². The third kappa shape index (κ3) is 3.75. The Hall–Kier alpha value is -3.00. The van der Waals surface area contributed by atoms with Crippen molar-refractivity contribution >= 4 is 15.7 Å². The minimum absolute atomic E-state index is 0.0552. The van der Waals surface area contributed by atoms with Crippen LogP contribution in [0.3, 0.4) is 0 Å². The summed E-state index contributed by atoms with van der Waals surface area (Å²) >= 11 is 0. The van der Waals surface area contributed by atoms with Gasteiger partial charge in [0.1, 0.15) is 0 Å². The van der Waals surface area contributed by atoms with E-state index in [2.05, 4.69) is 4.98 Å². The predicted octanol–water partition coefficient (Wildman–Crippen LogP) is 4.18. The number of methoxy groups -OCH3 is 2. The Balaban J connectivity index is 1.84. The quantitative estimate of drug-likeness (QED) is 0.582. The topological polar surface area (TPSA) is 81.9 Å². The van der Waals surface area contributed by atoms with Crippen LogP contribution >= 0.6 is 0 Å². The minimum atomic E-state index is -3.84. The number of aromatic nitrogens is 1. The summed E-state index contributed by atoms with van der Waals surface area (Å²) in [6.45, 7) is 1.47. The van der Waals surface area contributed by atoms with Crippen molar-refractivity contribution in [1.29, 1.82) is 0 Å². The molecule has 1 fully saturated rings. The highest BCUT2D eigenvalue weighted by Crippen LogP contribution is 2.38. The molecule has 1 aliphatic heterocycles. The van der Waals surface area contributed by atoms with Gasteiger partial charge >= 0.3 is 0 Å². The molecule has 7 nitrogen and oxygen atoms in total. The van der Waals surface area contributed by atoms with Gasteiger partial charge in [-0.3, -0.25) is 0 Å². The molecule has 0 aliphatic carbocycles. The standard InChI is InChI=1S/C22H24N2O5S/c1-27-18-12-11-16(15-19(18)28-2)20-23-21(22(29-20)24-13-7-4-8-14-24)30(25,26)17-9-5-3-6-10-17/h3,5-6,9-12,15H,4,7-8,13-14H2,1-2H3. The molecule has 158 valence electrons. The Morgan fingerprint density at radius 2 is 1.63 bits per heavy atom. The van der Waals surface area contributed by atoms with Crippen LogP contribution in [0.5, 0.6) is 11.5 Å². The number of oxazole rings is 1. The van der Waals surface area contributed by atoms with Crippen LogP contribution in [0.25, 0.3) is 11.5 Å². The fourth-order valence-electron chi connectivity index (χ4n) is 3.57. The third-order valence-electron chi connectivity index (χ3n) is 5.16. The molecule has 0 amide bonds. The number of piperidine rings is 1. The molecule has 2 aromatic carbocycles. The van der Waals surface area contributed by atoms with Crippen LogP contribution < -0.4 is 14.4 Å². The average Bonchev–Trinajstić information content (AvgIpc) is 3.26. The molecular formula is C22H24N2O5S. The summed E-state index contributed by atoms with van der Waals surface area (Å²) in [5.74, 6) is 1.61. The zero-order chi connectivity index (χ0) is 21.1. The predicted molar refractivity (Wildman–Crippen MR) is 113 cm³/mol. The molecule has 1 aliphatic rings. The first-order valence-electron chi connectivity index (χ1n) is 9.83. The van der Waals surface area contributed by atoms with Crippen molar-refractivity contribution in [2.45, 2.75) is 29.2 Å². The minimum Gasteiger partial charge on any atom is -0.493 e. The van der Waals surface area contributed by atoms with E-state index in [1.807, 2.05) is 4.90 Å². The van der Waals surface area contributed by atoms with E-state index in [9.17, 15) is 8.42 Å². The lowest BCUT2D eigenvalue weighted by molar-refractivity contribution is 0.355. The number of ether oxygens (including phenoxy) is 2. The van der Waals surface area contributed by atoms with Gasteiger partial charge in [0.2, 0.25) is 26.6 Å². The Bertz CT molecular complexity index is 1120. The number of nitrogens with zero attached hydrogens (tertiary/aromatic N) is 2. The van der Waals surface area contributed by atoms with Crippen molar-refractivity contribution in [2.75, 3.05) is 32.2 Å². The van der Waals surface area contributed by atoms with Gasteiger partial charge < -0.3 is 18.8 Å². The molecule has 0 unspecified atom stereocenters. The summed E-state index contributed by atoms with van der Waals surface area (Å²) in [6, 6.07) is 13.5. The first-order chi connectivity index (χ1) is 14.5. The molecule has 0 radical (unpaired) electrons. The lowest BCUT2D eigenvalue weighted by atomic mass is 10.1. The molecule has 1 aromatic heterocycles. The smallest absolute Gasteiger partial charge is 0.236 e. The van der Waals surface area contributed by atoms with Crippen LogP contribution in [-0.4, -0.2) is 40.7 Å². The van der Waals surface area contributed by atoms with E-state index in [0.29, 0.717) is 22.9 Å². The largest absolute Gasteiger partial charge is 0.493 e. The summed E-state index contributed by atoms with van der Waals surface area (Å²) in [6.07, 6.45) is 3.09. The fourth-order valence-corrected chi connectivity index (χ4v) is 4.92. The highest BCUT2D eigenvalue weighted by molar-refractivity contribution is 7.91. The van der Waals surface area contributed by atoms with Gasteiger partial charge in [0.25, 0.3) is 0 Å². The number of hydrogen-bond donors (Lipinski definition) is 0. The molecule has 0 atom stereocenters. The Morgan fingerprint density at radius 3 is 2.30 bits per heavy atom. The Labute approximate surface area is 176 Å². The van der Waals surface area contributed by atoms with Gasteiger partial charge in [-0.25, -0.2) is 8.42 Å². The van der Waals surface area contributed by atoms with Gasteiger partial charge in [-0.15, -0.1) is 0 Å². The van der Waals surface area contributed by atoms with E-state index >= 15 is 0 Å². The second-order valence-electron chi connectivity index (χ2n) is 7.06. The number of benzene rings is 2. The van der Waals surface area contributed by atoms with Crippen LogP contribution in [0, 0.1) is 0 Å². The summed E-state index contributed by atoms with van der Waals surface area (Å²) in [4.78, 5) is 6.60. The fraction of sp³-hybridized carbons (Fsp3) is 0.318. The highest BCUT2D eigenvalue weighted by Gasteiger charge is 2.32. The van der Waals surface area contributed by atoms with E-state index in [1.54, 1.807) is 62.8 Å². The van der Waals surface area contributed by atoms with Gasteiger partial charge in [-0.05, 0) is 49.6 Å². The number of rotatable bonds is 6. The first kappa shape index (κ1) is 20.3. The van der Waals surface area contributed by atoms with Crippen molar-refractivity contribution < 1.29 is 22.3 Å². The summed E-state index contributed by atoms with van der Waals surface area (Å²) in [5, 5.41) is -0.0552. The third-order valence-corrected chi connectivity index (χ3v) is 6.83. The van der Waals surface area contributed by atoms with Gasteiger partial charge in [0.05, 0.1) is 19.1 Å². The Morgan fingerprint density at radius 1 is 0.933 bits per heavy atom. The van der Waals surface area contributed by atoms with Crippen molar-refractivity contribution in [2.24, 2.45) is 0 Å². The lowest BCUT2D eigenvalue weighted by Gasteiger charge is -2.26. The number of anilines is 1. The van der Waals surface area contributed by atoms with Gasteiger partial charge in [0, 0.05) is 18.7 Å². The zero-order valence-electron chi connectivity index (χ0n) is 17.0. The number of hydrogen-bond acceptors (Lipinski definition) is 7. The second-order valence-corrected chi connectivity index (χ2v) is 8.93. The van der Waals surface area contributed by atoms with Crippen molar-refractivity contribution in [3.05, 3.63) is 48.5 Å².